The van der Waals surface area contributed by atoms with Crippen LogP contribution in [0.15, 0.2) is 49.2 Å². The van der Waals surface area contributed by atoms with Gasteiger partial charge in [0.05, 0.1) is 28.2 Å². The Labute approximate surface area is 175 Å². The Morgan fingerprint density at radius 1 is 1.20 bits per heavy atom. The molecule has 0 saturated heterocycles. The number of aromatic nitrogens is 4. The molecule has 2 N–H and O–H groups in total. The van der Waals surface area contributed by atoms with Crippen molar-refractivity contribution in [2.45, 2.75) is 26.1 Å². The van der Waals surface area contributed by atoms with Gasteiger partial charge in [-0.15, -0.1) is 0 Å². The van der Waals surface area contributed by atoms with Crippen LogP contribution in [-0.2, 0) is 11.0 Å². The van der Waals surface area contributed by atoms with Crippen molar-refractivity contribution in [1.29, 1.82) is 0 Å². The Morgan fingerprint density at radius 3 is 2.50 bits per heavy atom. The number of nitrogens with one attached hydrogen (secondary N) is 2. The summed E-state index contributed by atoms with van der Waals surface area (Å²) < 4.78 is 39.9. The van der Waals surface area contributed by atoms with E-state index < -0.39 is 17.8 Å². The zero-order chi connectivity index (χ0) is 21.9. The zero-order valence-corrected chi connectivity index (χ0v) is 16.7. The topological polar surface area (TPSA) is 84.7 Å². The predicted octanol–water partition coefficient (Wildman–Crippen LogP) is 4.41. The van der Waals surface area contributed by atoms with Gasteiger partial charge in [-0.3, -0.25) is 4.79 Å². The molecular weight excluding hydrogens is 421 g/mol. The van der Waals surface area contributed by atoms with Crippen molar-refractivity contribution in [2.24, 2.45) is 5.92 Å². The number of benzene rings is 1. The molecule has 30 heavy (non-hydrogen) atoms. The van der Waals surface area contributed by atoms with Crippen LogP contribution in [0.4, 0.5) is 24.5 Å². The fourth-order valence-corrected chi connectivity index (χ4v) is 2.89. The third kappa shape index (κ3) is 5.07. The molecule has 3 aromatic rings. The molecule has 0 saturated carbocycles. The highest BCUT2D eigenvalue weighted by molar-refractivity contribution is 6.33. The van der Waals surface area contributed by atoms with Crippen LogP contribution in [0.1, 0.15) is 19.4 Å². The number of hydrogen-bond acceptors (Lipinski definition) is 5. The number of halogens is 4. The van der Waals surface area contributed by atoms with Gasteiger partial charge in [-0.1, -0.05) is 25.4 Å². The van der Waals surface area contributed by atoms with Crippen molar-refractivity contribution < 1.29 is 18.0 Å². The summed E-state index contributed by atoms with van der Waals surface area (Å²) in [5, 5.41) is 9.51. The van der Waals surface area contributed by atoms with Gasteiger partial charge in [0.1, 0.15) is 18.7 Å². The molecule has 0 aliphatic carbocycles. The number of anilines is 2. The summed E-state index contributed by atoms with van der Waals surface area (Å²) in [5.41, 5.74) is -0.171. The second-order valence-corrected chi connectivity index (χ2v) is 7.20. The summed E-state index contributed by atoms with van der Waals surface area (Å²) in [4.78, 5) is 20.8. The van der Waals surface area contributed by atoms with E-state index in [1.54, 1.807) is 26.0 Å². The molecule has 1 amide bonds. The Hall–Kier alpha value is -3.14. The molecule has 0 spiro atoms. The average Bonchev–Trinajstić information content (AvgIpc) is 3.21. The number of carbonyl (C=O) groups is 1. The smallest absolute Gasteiger partial charge is 0.372 e. The van der Waals surface area contributed by atoms with Crippen LogP contribution in [0, 0.1) is 5.92 Å². The lowest BCUT2D eigenvalue weighted by Crippen LogP contribution is -2.39. The van der Waals surface area contributed by atoms with Crippen molar-refractivity contribution >= 4 is 28.9 Å². The first kappa shape index (κ1) is 21.6. The van der Waals surface area contributed by atoms with E-state index in [0.29, 0.717) is 11.5 Å². The van der Waals surface area contributed by atoms with E-state index in [0.717, 1.165) is 12.1 Å². The molecule has 0 radical (unpaired) electrons. The highest BCUT2D eigenvalue weighted by Crippen LogP contribution is 2.34. The predicted molar refractivity (Wildman–Crippen MR) is 106 cm³/mol. The molecule has 0 aliphatic rings. The largest absolute Gasteiger partial charge is 0.416 e. The van der Waals surface area contributed by atoms with Crippen LogP contribution in [0.2, 0.25) is 5.02 Å². The van der Waals surface area contributed by atoms with Crippen molar-refractivity contribution in [3.8, 4) is 5.82 Å². The van der Waals surface area contributed by atoms with Gasteiger partial charge in [0, 0.05) is 0 Å². The number of alkyl halides is 3. The number of rotatable bonds is 6. The normalized spacial score (nSPS) is 12.6. The first-order valence-electron chi connectivity index (χ1n) is 8.90. The van der Waals surface area contributed by atoms with Gasteiger partial charge in [-0.25, -0.2) is 14.6 Å². The molecule has 158 valence electrons. The van der Waals surface area contributed by atoms with Crippen molar-refractivity contribution in [3.63, 3.8) is 0 Å². The summed E-state index contributed by atoms with van der Waals surface area (Å²) in [6.07, 6.45) is -0.157. The second kappa shape index (κ2) is 8.70. The van der Waals surface area contributed by atoms with E-state index >= 15 is 0 Å². The Kier molecular flexibility index (Phi) is 6.25. The number of pyridine rings is 1. The minimum absolute atomic E-state index is 0.123. The van der Waals surface area contributed by atoms with Crippen molar-refractivity contribution in [1.82, 2.24) is 19.7 Å². The number of hydrogen-bond donors (Lipinski definition) is 2. The molecule has 0 fully saturated rings. The highest BCUT2D eigenvalue weighted by Gasteiger charge is 2.31. The lowest BCUT2D eigenvalue weighted by molar-refractivity contribution is -0.137. The average molecular weight is 439 g/mol. The Bertz CT molecular complexity index is 1010. The second-order valence-electron chi connectivity index (χ2n) is 6.79. The van der Waals surface area contributed by atoms with Gasteiger partial charge in [0.25, 0.3) is 0 Å². The third-order valence-corrected chi connectivity index (χ3v) is 4.54. The molecule has 1 aromatic carbocycles. The maximum Gasteiger partial charge on any atom is 0.416 e. The van der Waals surface area contributed by atoms with Gasteiger partial charge in [0.2, 0.25) is 5.91 Å². The first-order chi connectivity index (χ1) is 14.1. The summed E-state index contributed by atoms with van der Waals surface area (Å²) in [6.45, 7) is 3.61. The monoisotopic (exact) mass is 438 g/mol. The molecule has 7 nitrogen and oxygen atoms in total. The molecule has 2 aromatic heterocycles. The van der Waals surface area contributed by atoms with E-state index in [-0.39, 0.29) is 22.5 Å². The number of nitrogens with zero attached hydrogens (tertiary/aromatic N) is 4. The fourth-order valence-electron chi connectivity index (χ4n) is 2.65. The lowest BCUT2D eigenvalue weighted by Gasteiger charge is -2.23. The summed E-state index contributed by atoms with van der Waals surface area (Å²) >= 11 is 6.00. The maximum atomic E-state index is 12.8. The molecule has 3 rings (SSSR count). The van der Waals surface area contributed by atoms with E-state index in [9.17, 15) is 18.0 Å². The van der Waals surface area contributed by atoms with E-state index in [1.807, 2.05) is 0 Å². The quantitative estimate of drug-likeness (QED) is 0.595. The van der Waals surface area contributed by atoms with E-state index in [1.165, 1.54) is 29.6 Å². The fraction of sp³-hybridized carbons (Fsp3) is 0.263. The maximum absolute atomic E-state index is 12.8. The Morgan fingerprint density at radius 2 is 1.97 bits per heavy atom. The lowest BCUT2D eigenvalue weighted by atomic mass is 10.0. The number of carbonyl (C=O) groups excluding carboxylic acids is 1. The van der Waals surface area contributed by atoms with E-state index in [4.69, 9.17) is 11.6 Å². The van der Waals surface area contributed by atoms with Gasteiger partial charge >= 0.3 is 6.18 Å². The van der Waals surface area contributed by atoms with Crippen LogP contribution in [0.5, 0.6) is 0 Å². The molecule has 2 heterocycles. The summed E-state index contributed by atoms with van der Waals surface area (Å²) in [5.74, 6) is -0.0254. The third-order valence-electron chi connectivity index (χ3n) is 4.23. The van der Waals surface area contributed by atoms with Crippen LogP contribution >= 0.6 is 11.6 Å². The van der Waals surface area contributed by atoms with Crippen LogP contribution in [0.25, 0.3) is 5.82 Å². The van der Waals surface area contributed by atoms with Crippen molar-refractivity contribution in [3.05, 3.63) is 59.8 Å². The molecule has 0 aliphatic heterocycles. The van der Waals surface area contributed by atoms with Gasteiger partial charge in [0.15, 0.2) is 5.82 Å². The standard InChI is InChI=1S/C19H18ClF3N6O/c1-11(2)17(28-15-5-3-12(7-14(15)20)19(21,22)23)18(30)27-13-4-6-16(25-8-13)29-10-24-9-26-29/h3-11,17,28H,1-2H3,(H,27,30)/t17-/m0/s1. The van der Waals surface area contributed by atoms with Gasteiger partial charge in [-0.05, 0) is 36.2 Å². The zero-order valence-electron chi connectivity index (χ0n) is 16.0. The molecular formula is C19H18ClF3N6O. The van der Waals surface area contributed by atoms with Gasteiger partial charge in [-0.2, -0.15) is 18.3 Å². The van der Waals surface area contributed by atoms with Crippen molar-refractivity contribution in [2.75, 3.05) is 10.6 Å². The summed E-state index contributed by atoms with van der Waals surface area (Å²) in [6, 6.07) is 5.53. The minimum Gasteiger partial charge on any atom is -0.372 e. The Balaban J connectivity index is 1.72. The van der Waals surface area contributed by atoms with Gasteiger partial charge < -0.3 is 10.6 Å². The van der Waals surface area contributed by atoms with Crippen LogP contribution in [0.3, 0.4) is 0 Å². The first-order valence-corrected chi connectivity index (χ1v) is 9.28. The molecule has 0 bridgehead atoms. The van der Waals surface area contributed by atoms with Crippen LogP contribution in [-0.4, -0.2) is 31.7 Å². The SMILES string of the molecule is CC(C)[C@H](Nc1ccc(C(F)(F)F)cc1Cl)C(=O)Nc1ccc(-n2cncn2)nc1. The number of amides is 1. The highest BCUT2D eigenvalue weighted by atomic mass is 35.5. The minimum atomic E-state index is -4.50. The van der Waals surface area contributed by atoms with E-state index in [2.05, 4.69) is 25.7 Å². The van der Waals surface area contributed by atoms with Crippen LogP contribution < -0.4 is 10.6 Å². The molecule has 11 heteroatoms. The summed E-state index contributed by atoms with van der Waals surface area (Å²) in [7, 11) is 0. The molecule has 0 unspecified atom stereocenters. The molecule has 1 atom stereocenters.